The van der Waals surface area contributed by atoms with Gasteiger partial charge in [-0.1, -0.05) is 38.1 Å². The number of rotatable bonds is 4. The van der Waals surface area contributed by atoms with Crippen LogP contribution >= 0.6 is 0 Å². The number of ketones is 1. The molecule has 20 heavy (non-hydrogen) atoms. The maximum absolute atomic E-state index is 12.4. The Morgan fingerprint density at radius 3 is 2.15 bits per heavy atom. The lowest BCUT2D eigenvalue weighted by atomic mass is 9.98. The predicted octanol–water partition coefficient (Wildman–Crippen LogP) is 3.63. The van der Waals surface area contributed by atoms with Crippen LogP contribution in [0.25, 0.3) is 0 Å². The summed E-state index contributed by atoms with van der Waals surface area (Å²) in [6, 6.07) is 12.8. The van der Waals surface area contributed by atoms with Gasteiger partial charge in [-0.3, -0.25) is 4.79 Å². The van der Waals surface area contributed by atoms with Crippen molar-refractivity contribution in [3.05, 3.63) is 59.2 Å². The fraction of sp³-hybridized carbons (Fsp3) is 0.235. The van der Waals surface area contributed by atoms with Gasteiger partial charge in [0.05, 0.1) is 12.8 Å². The maximum atomic E-state index is 12.4. The van der Waals surface area contributed by atoms with Gasteiger partial charge in [0.1, 0.15) is 5.75 Å². The van der Waals surface area contributed by atoms with Gasteiger partial charge < -0.3 is 10.5 Å². The van der Waals surface area contributed by atoms with E-state index in [0.717, 1.165) is 0 Å². The van der Waals surface area contributed by atoms with E-state index in [2.05, 4.69) is 13.8 Å². The molecule has 0 amide bonds. The number of ether oxygens (including phenoxy) is 1. The van der Waals surface area contributed by atoms with Gasteiger partial charge in [-0.25, -0.2) is 0 Å². The molecule has 0 heterocycles. The molecule has 0 spiro atoms. The standard InChI is InChI=1S/C17H19NO2/c1-11(2)12-4-6-13(7-5-12)17(19)14-8-9-16(20-3)15(18)10-14/h4-11H,18H2,1-3H3. The van der Waals surface area contributed by atoms with Crippen LogP contribution in [0.5, 0.6) is 5.75 Å². The van der Waals surface area contributed by atoms with Gasteiger partial charge in [0.25, 0.3) is 0 Å². The Balaban J connectivity index is 2.29. The van der Waals surface area contributed by atoms with Crippen LogP contribution < -0.4 is 10.5 Å². The summed E-state index contributed by atoms with van der Waals surface area (Å²) in [5.41, 5.74) is 8.76. The van der Waals surface area contributed by atoms with E-state index >= 15 is 0 Å². The molecule has 2 N–H and O–H groups in total. The van der Waals surface area contributed by atoms with Crippen LogP contribution in [0, 0.1) is 0 Å². The fourth-order valence-electron chi connectivity index (χ4n) is 2.06. The molecule has 0 aliphatic rings. The number of benzene rings is 2. The van der Waals surface area contributed by atoms with Crippen molar-refractivity contribution in [1.82, 2.24) is 0 Å². The third-order valence-electron chi connectivity index (χ3n) is 3.33. The van der Waals surface area contributed by atoms with Gasteiger partial charge in [-0.2, -0.15) is 0 Å². The van der Waals surface area contributed by atoms with Crippen molar-refractivity contribution < 1.29 is 9.53 Å². The SMILES string of the molecule is COc1ccc(C(=O)c2ccc(C(C)C)cc2)cc1N. The molecule has 3 heteroatoms. The minimum Gasteiger partial charge on any atom is -0.495 e. The van der Waals surface area contributed by atoms with Crippen molar-refractivity contribution in [1.29, 1.82) is 0 Å². The molecule has 0 radical (unpaired) electrons. The Kier molecular flexibility index (Phi) is 4.08. The first kappa shape index (κ1) is 14.1. The van der Waals surface area contributed by atoms with E-state index in [-0.39, 0.29) is 5.78 Å². The zero-order valence-corrected chi connectivity index (χ0v) is 12.0. The Bertz CT molecular complexity index is 615. The largest absolute Gasteiger partial charge is 0.495 e. The zero-order valence-electron chi connectivity index (χ0n) is 12.0. The molecule has 0 bridgehead atoms. The summed E-state index contributed by atoms with van der Waals surface area (Å²) in [6.07, 6.45) is 0. The molecule has 2 aromatic carbocycles. The lowest BCUT2D eigenvalue weighted by Gasteiger charge is -2.08. The molecule has 3 nitrogen and oxygen atoms in total. The van der Waals surface area contributed by atoms with Crippen molar-refractivity contribution in [2.24, 2.45) is 0 Å². The number of carbonyl (C=O) groups excluding carboxylic acids is 1. The van der Waals surface area contributed by atoms with Crippen LogP contribution in [0.2, 0.25) is 0 Å². The van der Waals surface area contributed by atoms with E-state index < -0.39 is 0 Å². The Labute approximate surface area is 119 Å². The van der Waals surface area contributed by atoms with Crippen LogP contribution in [0.3, 0.4) is 0 Å². The molecule has 0 aliphatic heterocycles. The molecule has 0 fully saturated rings. The Morgan fingerprint density at radius 2 is 1.65 bits per heavy atom. The average molecular weight is 269 g/mol. The van der Waals surface area contributed by atoms with Gasteiger partial charge in [-0.05, 0) is 29.7 Å². The van der Waals surface area contributed by atoms with Crippen molar-refractivity contribution in [2.75, 3.05) is 12.8 Å². The summed E-state index contributed by atoms with van der Waals surface area (Å²) >= 11 is 0. The number of anilines is 1. The molecule has 2 aromatic rings. The Hall–Kier alpha value is -2.29. The molecular weight excluding hydrogens is 250 g/mol. The molecule has 0 aromatic heterocycles. The van der Waals surface area contributed by atoms with E-state index in [1.165, 1.54) is 5.56 Å². The van der Waals surface area contributed by atoms with Crippen molar-refractivity contribution in [3.8, 4) is 5.75 Å². The van der Waals surface area contributed by atoms with Crippen LogP contribution in [-0.4, -0.2) is 12.9 Å². The summed E-state index contributed by atoms with van der Waals surface area (Å²) < 4.78 is 5.09. The lowest BCUT2D eigenvalue weighted by molar-refractivity contribution is 0.103. The molecule has 0 aliphatic carbocycles. The highest BCUT2D eigenvalue weighted by atomic mass is 16.5. The molecule has 0 saturated heterocycles. The highest BCUT2D eigenvalue weighted by Crippen LogP contribution is 2.24. The van der Waals surface area contributed by atoms with Crippen LogP contribution in [0.15, 0.2) is 42.5 Å². The summed E-state index contributed by atoms with van der Waals surface area (Å²) in [5, 5.41) is 0. The van der Waals surface area contributed by atoms with E-state index in [1.54, 1.807) is 25.3 Å². The van der Waals surface area contributed by atoms with Crippen LogP contribution in [-0.2, 0) is 0 Å². The second kappa shape index (κ2) is 5.78. The first-order chi connectivity index (χ1) is 9.52. The van der Waals surface area contributed by atoms with E-state index in [1.807, 2.05) is 24.3 Å². The molecule has 0 unspecified atom stereocenters. The van der Waals surface area contributed by atoms with Gasteiger partial charge in [-0.15, -0.1) is 0 Å². The highest BCUT2D eigenvalue weighted by molar-refractivity contribution is 6.09. The van der Waals surface area contributed by atoms with E-state index in [9.17, 15) is 4.79 Å². The number of carbonyl (C=O) groups is 1. The minimum atomic E-state index is -0.0327. The quantitative estimate of drug-likeness (QED) is 0.681. The van der Waals surface area contributed by atoms with Gasteiger partial charge in [0.2, 0.25) is 0 Å². The smallest absolute Gasteiger partial charge is 0.193 e. The van der Waals surface area contributed by atoms with E-state index in [4.69, 9.17) is 10.5 Å². The summed E-state index contributed by atoms with van der Waals surface area (Å²) in [7, 11) is 1.55. The maximum Gasteiger partial charge on any atom is 0.193 e. The predicted molar refractivity (Wildman–Crippen MR) is 81.4 cm³/mol. The highest BCUT2D eigenvalue weighted by Gasteiger charge is 2.11. The molecule has 0 saturated carbocycles. The topological polar surface area (TPSA) is 52.3 Å². The number of methoxy groups -OCH3 is 1. The minimum absolute atomic E-state index is 0.0327. The average Bonchev–Trinajstić information content (AvgIpc) is 2.46. The fourth-order valence-corrected chi connectivity index (χ4v) is 2.06. The summed E-state index contributed by atoms with van der Waals surface area (Å²) in [6.45, 7) is 4.25. The Morgan fingerprint density at radius 1 is 1.05 bits per heavy atom. The van der Waals surface area contributed by atoms with E-state index in [0.29, 0.717) is 28.5 Å². The third kappa shape index (κ3) is 2.82. The molecular formula is C17H19NO2. The van der Waals surface area contributed by atoms with Crippen molar-refractivity contribution >= 4 is 11.5 Å². The molecule has 0 atom stereocenters. The number of hydrogen-bond acceptors (Lipinski definition) is 3. The van der Waals surface area contributed by atoms with Crippen LogP contribution in [0.4, 0.5) is 5.69 Å². The van der Waals surface area contributed by atoms with Gasteiger partial charge >= 0.3 is 0 Å². The molecule has 2 rings (SSSR count). The van der Waals surface area contributed by atoms with Crippen LogP contribution in [0.1, 0.15) is 41.3 Å². The molecule has 104 valence electrons. The number of nitrogen functional groups attached to an aromatic ring is 1. The first-order valence-corrected chi connectivity index (χ1v) is 6.61. The second-order valence-electron chi connectivity index (χ2n) is 5.06. The number of hydrogen-bond donors (Lipinski definition) is 1. The van der Waals surface area contributed by atoms with Crippen molar-refractivity contribution in [3.63, 3.8) is 0 Å². The first-order valence-electron chi connectivity index (χ1n) is 6.61. The third-order valence-corrected chi connectivity index (χ3v) is 3.33. The summed E-state index contributed by atoms with van der Waals surface area (Å²) in [4.78, 5) is 12.4. The van der Waals surface area contributed by atoms with Gasteiger partial charge in [0, 0.05) is 11.1 Å². The lowest BCUT2D eigenvalue weighted by Crippen LogP contribution is -2.03. The number of nitrogens with two attached hydrogens (primary N) is 1. The summed E-state index contributed by atoms with van der Waals surface area (Å²) in [5.74, 6) is 1.00. The van der Waals surface area contributed by atoms with Crippen molar-refractivity contribution in [2.45, 2.75) is 19.8 Å². The monoisotopic (exact) mass is 269 g/mol. The normalized spacial score (nSPS) is 10.6. The van der Waals surface area contributed by atoms with Gasteiger partial charge in [0.15, 0.2) is 5.78 Å². The zero-order chi connectivity index (χ0) is 14.7. The second-order valence-corrected chi connectivity index (χ2v) is 5.06.